The number of carbonyl (C=O) groups is 2. The van der Waals surface area contributed by atoms with Crippen molar-refractivity contribution >= 4 is 23.4 Å². The summed E-state index contributed by atoms with van der Waals surface area (Å²) in [6.07, 6.45) is -0.343. The van der Waals surface area contributed by atoms with Crippen molar-refractivity contribution in [3.8, 4) is 0 Å². The number of hydrogen-bond acceptors (Lipinski definition) is 5. The van der Waals surface area contributed by atoms with E-state index in [2.05, 4.69) is 10.4 Å². The predicted molar refractivity (Wildman–Crippen MR) is 98.5 cm³/mol. The maximum Gasteiger partial charge on any atom is 0.274 e. The van der Waals surface area contributed by atoms with Gasteiger partial charge in [-0.1, -0.05) is 23.7 Å². The Bertz CT molecular complexity index is 821. The second-order valence-corrected chi connectivity index (χ2v) is 6.83. The normalized spacial score (nSPS) is 16.4. The van der Waals surface area contributed by atoms with Crippen molar-refractivity contribution in [3.05, 3.63) is 52.3 Å². The molecule has 144 valence electrons. The number of nitrogens with one attached hydrogen (secondary N) is 1. The van der Waals surface area contributed by atoms with Gasteiger partial charge in [-0.15, -0.1) is 0 Å². The van der Waals surface area contributed by atoms with Crippen molar-refractivity contribution in [1.82, 2.24) is 20.0 Å². The van der Waals surface area contributed by atoms with Crippen LogP contribution >= 0.6 is 11.6 Å². The van der Waals surface area contributed by atoms with Gasteiger partial charge in [-0.05, 0) is 24.1 Å². The zero-order valence-corrected chi connectivity index (χ0v) is 15.4. The Morgan fingerprint density at radius 2 is 2.11 bits per heavy atom. The first-order chi connectivity index (χ1) is 13.0. The Labute approximate surface area is 161 Å². The van der Waals surface area contributed by atoms with Gasteiger partial charge in [0, 0.05) is 37.3 Å². The molecule has 2 heterocycles. The molecular weight excluding hydrogens is 372 g/mol. The summed E-state index contributed by atoms with van der Waals surface area (Å²) >= 11 is 5.90. The summed E-state index contributed by atoms with van der Waals surface area (Å²) in [5.41, 5.74) is 1.25. The van der Waals surface area contributed by atoms with Crippen molar-refractivity contribution in [3.63, 3.8) is 0 Å². The molecule has 0 radical (unpaired) electrons. The fourth-order valence-corrected chi connectivity index (χ4v) is 3.02. The Morgan fingerprint density at radius 1 is 1.37 bits per heavy atom. The number of benzene rings is 1. The molecule has 1 aliphatic heterocycles. The van der Waals surface area contributed by atoms with Gasteiger partial charge < -0.3 is 20.4 Å². The summed E-state index contributed by atoms with van der Waals surface area (Å²) in [6.45, 7) is 0.903. The van der Waals surface area contributed by atoms with E-state index in [0.717, 1.165) is 5.56 Å². The van der Waals surface area contributed by atoms with E-state index in [9.17, 15) is 14.7 Å². The van der Waals surface area contributed by atoms with Crippen LogP contribution < -0.4 is 5.32 Å². The Balaban J connectivity index is 1.83. The predicted octanol–water partition coefficient (Wildman–Crippen LogP) is 0.666. The second kappa shape index (κ2) is 8.51. The molecule has 3 rings (SSSR count). The molecule has 0 bridgehead atoms. The molecule has 0 fully saturated rings. The van der Waals surface area contributed by atoms with Gasteiger partial charge in [-0.3, -0.25) is 14.3 Å². The van der Waals surface area contributed by atoms with E-state index in [1.807, 2.05) is 12.1 Å². The number of fused-ring (bicyclic) bond motifs is 1. The van der Waals surface area contributed by atoms with Gasteiger partial charge in [-0.25, -0.2) is 0 Å². The number of aliphatic hydroxyl groups is 2. The molecule has 1 aromatic heterocycles. The number of amides is 2. The smallest absolute Gasteiger partial charge is 0.274 e. The average molecular weight is 393 g/mol. The van der Waals surface area contributed by atoms with Gasteiger partial charge in [0.1, 0.15) is 5.69 Å². The van der Waals surface area contributed by atoms with Crippen molar-refractivity contribution in [2.45, 2.75) is 25.6 Å². The minimum Gasteiger partial charge on any atom is -0.396 e. The van der Waals surface area contributed by atoms with E-state index < -0.39 is 6.10 Å². The summed E-state index contributed by atoms with van der Waals surface area (Å²) in [6, 6.07) is 8.58. The molecule has 0 saturated carbocycles. The molecule has 0 unspecified atom stereocenters. The van der Waals surface area contributed by atoms with Gasteiger partial charge >= 0.3 is 0 Å². The number of aliphatic hydroxyl groups excluding tert-OH is 2. The second-order valence-electron chi connectivity index (χ2n) is 6.39. The third-order valence-corrected chi connectivity index (χ3v) is 4.53. The van der Waals surface area contributed by atoms with E-state index in [-0.39, 0.29) is 42.9 Å². The molecule has 2 aromatic rings. The zero-order chi connectivity index (χ0) is 19.4. The van der Waals surface area contributed by atoms with Crippen LogP contribution in [0.3, 0.4) is 0 Å². The Hall–Kier alpha value is -2.42. The monoisotopic (exact) mass is 392 g/mol. The maximum absolute atomic E-state index is 13.0. The fraction of sp³-hybridized carbons (Fsp3) is 0.389. The Morgan fingerprint density at radius 3 is 2.81 bits per heavy atom. The minimum atomic E-state index is -0.766. The summed E-state index contributed by atoms with van der Waals surface area (Å²) in [5, 5.41) is 26.4. The van der Waals surface area contributed by atoms with Crippen molar-refractivity contribution in [1.29, 1.82) is 0 Å². The van der Waals surface area contributed by atoms with Crippen LogP contribution in [0.1, 0.15) is 33.0 Å². The van der Waals surface area contributed by atoms with Crippen LogP contribution in [0.4, 0.5) is 0 Å². The molecule has 2 amide bonds. The molecule has 0 saturated heterocycles. The maximum atomic E-state index is 13.0. The van der Waals surface area contributed by atoms with Gasteiger partial charge in [0.15, 0.2) is 5.69 Å². The molecule has 0 aliphatic carbocycles. The van der Waals surface area contributed by atoms with Crippen molar-refractivity contribution < 1.29 is 19.8 Å². The lowest BCUT2D eigenvalue weighted by molar-refractivity contribution is 0.0723. The van der Waals surface area contributed by atoms with Crippen LogP contribution in [-0.2, 0) is 13.1 Å². The van der Waals surface area contributed by atoms with Gasteiger partial charge in [-0.2, -0.15) is 5.10 Å². The molecule has 1 atom stereocenters. The van der Waals surface area contributed by atoms with E-state index in [0.29, 0.717) is 24.5 Å². The lowest BCUT2D eigenvalue weighted by atomic mass is 10.2. The molecule has 1 aliphatic rings. The highest BCUT2D eigenvalue weighted by Crippen LogP contribution is 2.15. The average Bonchev–Trinajstić information content (AvgIpc) is 3.02. The van der Waals surface area contributed by atoms with E-state index in [1.165, 1.54) is 10.7 Å². The van der Waals surface area contributed by atoms with E-state index in [1.54, 1.807) is 17.0 Å². The third kappa shape index (κ3) is 4.65. The lowest BCUT2D eigenvalue weighted by Gasteiger charge is -2.21. The number of halogens is 1. The standard InChI is InChI=1S/C18H21ClN4O4/c19-13-4-2-12(3-5-13)10-22(6-1-7-24)18(27)15-8-16-17(26)20-9-14(25)11-23(16)21-15/h2-5,8,14,24-25H,1,6-7,9-11H2,(H,20,26)/t14-/m0/s1. The number of rotatable bonds is 6. The van der Waals surface area contributed by atoms with Crippen LogP contribution in [0.2, 0.25) is 5.02 Å². The largest absolute Gasteiger partial charge is 0.396 e. The number of nitrogens with zero attached hydrogens (tertiary/aromatic N) is 3. The number of carbonyl (C=O) groups excluding carboxylic acids is 2. The quantitative estimate of drug-likeness (QED) is 0.669. The van der Waals surface area contributed by atoms with Gasteiger partial charge in [0.25, 0.3) is 11.8 Å². The molecule has 0 spiro atoms. The Kier molecular flexibility index (Phi) is 6.10. The van der Waals surface area contributed by atoms with Crippen LogP contribution in [0.25, 0.3) is 0 Å². The topological polar surface area (TPSA) is 108 Å². The SMILES string of the molecule is O=C1NC[C@H](O)Cn2nc(C(=O)N(CCCO)Cc3ccc(Cl)cc3)cc21. The van der Waals surface area contributed by atoms with E-state index in [4.69, 9.17) is 16.7 Å². The van der Waals surface area contributed by atoms with Gasteiger partial charge in [0.2, 0.25) is 0 Å². The molecule has 9 heteroatoms. The van der Waals surface area contributed by atoms with Crippen LogP contribution in [0.5, 0.6) is 0 Å². The zero-order valence-electron chi connectivity index (χ0n) is 14.6. The van der Waals surface area contributed by atoms with Gasteiger partial charge in [0.05, 0.1) is 12.6 Å². The van der Waals surface area contributed by atoms with Crippen molar-refractivity contribution in [2.75, 3.05) is 19.7 Å². The van der Waals surface area contributed by atoms with Crippen LogP contribution in [-0.4, -0.2) is 62.5 Å². The number of hydrogen-bond donors (Lipinski definition) is 3. The van der Waals surface area contributed by atoms with Crippen LogP contribution in [0, 0.1) is 0 Å². The summed E-state index contributed by atoms with van der Waals surface area (Å²) in [7, 11) is 0. The molecule has 27 heavy (non-hydrogen) atoms. The molecule has 1 aromatic carbocycles. The lowest BCUT2D eigenvalue weighted by Crippen LogP contribution is -2.33. The summed E-state index contributed by atoms with van der Waals surface area (Å²) < 4.78 is 1.35. The number of aromatic nitrogens is 2. The van der Waals surface area contributed by atoms with E-state index >= 15 is 0 Å². The summed E-state index contributed by atoms with van der Waals surface area (Å²) in [4.78, 5) is 26.6. The first kappa shape index (κ1) is 19.3. The number of β-amino-alcohol motifs (C(OH)–C–C–N with tert-alkyl or cyclic N) is 1. The highest BCUT2D eigenvalue weighted by atomic mass is 35.5. The molecule has 3 N–H and O–H groups in total. The van der Waals surface area contributed by atoms with Crippen LogP contribution in [0.15, 0.2) is 30.3 Å². The molecule has 8 nitrogen and oxygen atoms in total. The third-order valence-electron chi connectivity index (χ3n) is 4.27. The van der Waals surface area contributed by atoms with Crippen molar-refractivity contribution in [2.24, 2.45) is 0 Å². The first-order valence-electron chi connectivity index (χ1n) is 8.66. The highest BCUT2D eigenvalue weighted by Gasteiger charge is 2.26. The fourth-order valence-electron chi connectivity index (χ4n) is 2.89. The minimum absolute atomic E-state index is 0.0430. The highest BCUT2D eigenvalue weighted by molar-refractivity contribution is 6.30. The first-order valence-corrected chi connectivity index (χ1v) is 9.04. The summed E-state index contributed by atoms with van der Waals surface area (Å²) in [5.74, 6) is -0.723. The molecular formula is C18H21ClN4O4.